The summed E-state index contributed by atoms with van der Waals surface area (Å²) >= 11 is 0. The molecule has 15 heteroatoms. The third kappa shape index (κ3) is 5.75. The molecule has 2 fully saturated rings. The molecule has 6 aromatic heterocycles. The number of nitrogens with zero attached hydrogens (tertiary/aromatic N) is 12. The van der Waals surface area contributed by atoms with E-state index < -0.39 is 0 Å². The Hall–Kier alpha value is -5.47. The molecule has 6 aromatic rings. The van der Waals surface area contributed by atoms with Gasteiger partial charge in [0.05, 0.1) is 23.3 Å². The lowest BCUT2D eigenvalue weighted by Crippen LogP contribution is -2.35. The molecule has 8 heterocycles. The van der Waals surface area contributed by atoms with Crippen LogP contribution in [-0.2, 0) is 7.05 Å². The Morgan fingerprint density at radius 3 is 2.02 bits per heavy atom. The normalized spacial score (nSPS) is 18.4. The highest BCUT2D eigenvalue weighted by Crippen LogP contribution is 2.31. The van der Waals surface area contributed by atoms with Crippen molar-refractivity contribution in [1.82, 2.24) is 49.6 Å². The van der Waals surface area contributed by atoms with Crippen LogP contribution in [0, 0.1) is 6.92 Å². The molecule has 2 aliphatic rings. The molecule has 0 saturated carbocycles. The quantitative estimate of drug-likeness (QED) is 0.297. The monoisotopic (exact) mass is 606 g/mol. The minimum atomic E-state index is 0.229. The number of nitrogen functional groups attached to an aromatic ring is 2. The summed E-state index contributed by atoms with van der Waals surface area (Å²) in [6.45, 7) is 5.48. The molecule has 0 amide bonds. The van der Waals surface area contributed by atoms with E-state index in [1.165, 1.54) is 18.3 Å². The molecule has 2 aliphatic heterocycles. The van der Waals surface area contributed by atoms with E-state index >= 15 is 0 Å². The maximum Gasteiger partial charge on any atom is 0.231 e. The van der Waals surface area contributed by atoms with Crippen LogP contribution in [0.25, 0.3) is 22.1 Å². The highest BCUT2D eigenvalue weighted by molar-refractivity contribution is 5.85. The molecule has 230 valence electrons. The zero-order chi connectivity index (χ0) is 30.9. The van der Waals surface area contributed by atoms with E-state index in [-0.39, 0.29) is 5.92 Å². The van der Waals surface area contributed by atoms with Gasteiger partial charge in [-0.15, -0.1) is 0 Å². The van der Waals surface area contributed by atoms with E-state index in [0.29, 0.717) is 40.3 Å². The summed E-state index contributed by atoms with van der Waals surface area (Å²) in [6, 6.07) is 7.85. The van der Waals surface area contributed by atoms with E-state index in [4.69, 9.17) is 16.0 Å². The van der Waals surface area contributed by atoms with Crippen LogP contribution in [0.15, 0.2) is 54.0 Å². The first-order valence-corrected chi connectivity index (χ1v) is 14.9. The van der Waals surface area contributed by atoms with Crippen molar-refractivity contribution in [3.63, 3.8) is 0 Å². The van der Waals surface area contributed by atoms with Gasteiger partial charge in [-0.2, -0.15) is 4.98 Å². The number of hydrogen-bond donors (Lipinski definition) is 2. The largest absolute Gasteiger partial charge is 0.382 e. The van der Waals surface area contributed by atoms with Gasteiger partial charge in [-0.25, -0.2) is 34.9 Å². The Labute approximate surface area is 258 Å². The van der Waals surface area contributed by atoms with Crippen LogP contribution in [-0.4, -0.2) is 75.8 Å². The number of aryl methyl sites for hydroxylation is 2. The Morgan fingerprint density at radius 1 is 0.778 bits per heavy atom. The second-order valence-corrected chi connectivity index (χ2v) is 11.4. The summed E-state index contributed by atoms with van der Waals surface area (Å²) in [5.74, 6) is 4.72. The maximum absolute atomic E-state index is 5.91. The predicted octanol–water partition coefficient (Wildman–Crippen LogP) is 3.02. The number of rotatable bonds is 4. The molecular formula is C30H34N14O. The minimum absolute atomic E-state index is 0.229. The summed E-state index contributed by atoms with van der Waals surface area (Å²) in [5, 5.41) is 3.89. The van der Waals surface area contributed by atoms with E-state index in [9.17, 15) is 0 Å². The smallest absolute Gasteiger partial charge is 0.231 e. The first kappa shape index (κ1) is 28.3. The number of piperidine rings is 1. The average Bonchev–Trinajstić information content (AvgIpc) is 3.83. The zero-order valence-corrected chi connectivity index (χ0v) is 25.2. The molecule has 0 spiro atoms. The molecule has 8 rings (SSSR count). The fraction of sp³-hybridized carbons (Fsp3) is 0.367. The van der Waals surface area contributed by atoms with E-state index in [2.05, 4.69) is 59.4 Å². The molecule has 45 heavy (non-hydrogen) atoms. The Morgan fingerprint density at radius 2 is 1.42 bits per heavy atom. The number of hydrogen-bond acceptors (Lipinski definition) is 14. The lowest BCUT2D eigenvalue weighted by atomic mass is 9.98. The van der Waals surface area contributed by atoms with Crippen LogP contribution < -0.4 is 21.3 Å². The van der Waals surface area contributed by atoms with Crippen molar-refractivity contribution in [3.8, 4) is 0 Å². The van der Waals surface area contributed by atoms with E-state index in [1.807, 2.05) is 50.8 Å². The highest BCUT2D eigenvalue weighted by Gasteiger charge is 2.28. The fourth-order valence-electron chi connectivity index (χ4n) is 6.09. The number of pyridine rings is 2. The third-order valence-corrected chi connectivity index (χ3v) is 8.41. The predicted molar refractivity (Wildman–Crippen MR) is 169 cm³/mol. The lowest BCUT2D eigenvalue weighted by molar-refractivity contribution is 0.331. The van der Waals surface area contributed by atoms with Crippen molar-refractivity contribution < 1.29 is 4.52 Å². The molecule has 2 atom stereocenters. The number of aromatic nitrogens is 10. The first-order valence-electron chi connectivity index (χ1n) is 14.9. The van der Waals surface area contributed by atoms with Crippen LogP contribution >= 0.6 is 0 Å². The molecule has 0 radical (unpaired) electrons. The topological polar surface area (TPSA) is 193 Å². The summed E-state index contributed by atoms with van der Waals surface area (Å²) in [5.41, 5.74) is 15.9. The summed E-state index contributed by atoms with van der Waals surface area (Å²) < 4.78 is 7.42. The second-order valence-electron chi connectivity index (χ2n) is 11.4. The Kier molecular flexibility index (Phi) is 7.49. The Balaban J connectivity index is 0.000000145. The molecule has 4 N–H and O–H groups in total. The van der Waals surface area contributed by atoms with Crippen molar-refractivity contribution in [2.45, 2.75) is 38.0 Å². The van der Waals surface area contributed by atoms with Crippen LogP contribution in [0.1, 0.15) is 48.5 Å². The van der Waals surface area contributed by atoms with Gasteiger partial charge in [-0.3, -0.25) is 0 Å². The van der Waals surface area contributed by atoms with Crippen molar-refractivity contribution in [2.24, 2.45) is 7.05 Å². The summed E-state index contributed by atoms with van der Waals surface area (Å²) in [7, 11) is 2.04. The molecular weight excluding hydrogens is 572 g/mol. The number of fused-ring (bicyclic) bond motifs is 2. The molecule has 0 bridgehead atoms. The van der Waals surface area contributed by atoms with Crippen LogP contribution in [0.2, 0.25) is 0 Å². The van der Waals surface area contributed by atoms with Gasteiger partial charge in [0.1, 0.15) is 35.3 Å². The van der Waals surface area contributed by atoms with Crippen LogP contribution in [0.5, 0.6) is 0 Å². The number of anilines is 4. The lowest BCUT2D eigenvalue weighted by Gasteiger charge is -2.32. The van der Waals surface area contributed by atoms with Gasteiger partial charge in [0.25, 0.3) is 0 Å². The molecule has 2 saturated heterocycles. The maximum atomic E-state index is 5.91. The van der Waals surface area contributed by atoms with Gasteiger partial charge in [0.15, 0.2) is 17.5 Å². The standard InChI is InChI=1S/C15H17N7O.C15H17N7/c1-9-19-15(23-21-9)10-3-2-6-22(7-10)12-5-4-11-13(20-12)14(16)18-8-17-11;1-21-9-17-6-12(21)10-4-5-22(7-10)13-3-2-11-14(20-13)15(16)19-8-18-11/h4-5,8,10H,2-3,6-7H2,1H3,(H2,16,17,18);2-3,6,8-10H,4-5,7H2,1H3,(H2,16,18,19). The minimum Gasteiger partial charge on any atom is -0.382 e. The van der Waals surface area contributed by atoms with Crippen molar-refractivity contribution in [2.75, 3.05) is 47.4 Å². The SMILES string of the molecule is Cc1noc(C2CCCN(c3ccc4ncnc(N)c4n3)C2)n1.Cn1cncc1C1CCN(c2ccc3ncnc(N)c3n2)C1. The molecule has 15 nitrogen and oxygen atoms in total. The van der Waals surface area contributed by atoms with Gasteiger partial charge in [-0.05, 0) is 50.5 Å². The van der Waals surface area contributed by atoms with E-state index in [1.54, 1.807) is 0 Å². The number of nitrogens with two attached hydrogens (primary N) is 2. The molecule has 2 unspecified atom stereocenters. The van der Waals surface area contributed by atoms with Gasteiger partial charge < -0.3 is 30.4 Å². The fourth-order valence-corrected chi connectivity index (χ4v) is 6.09. The first-order chi connectivity index (χ1) is 21.9. The van der Waals surface area contributed by atoms with Crippen molar-refractivity contribution in [3.05, 3.63) is 66.9 Å². The van der Waals surface area contributed by atoms with Gasteiger partial charge >= 0.3 is 0 Å². The van der Waals surface area contributed by atoms with Crippen LogP contribution in [0.4, 0.5) is 23.3 Å². The Bertz CT molecular complexity index is 1950. The average molecular weight is 607 g/mol. The second kappa shape index (κ2) is 11.9. The van der Waals surface area contributed by atoms with Crippen molar-refractivity contribution in [1.29, 1.82) is 0 Å². The zero-order valence-electron chi connectivity index (χ0n) is 25.2. The van der Waals surface area contributed by atoms with Crippen molar-refractivity contribution >= 4 is 45.3 Å². The van der Waals surface area contributed by atoms with Crippen LogP contribution in [0.3, 0.4) is 0 Å². The third-order valence-electron chi connectivity index (χ3n) is 8.41. The van der Waals surface area contributed by atoms with Gasteiger partial charge in [0, 0.05) is 51.0 Å². The summed E-state index contributed by atoms with van der Waals surface area (Å²) in [4.78, 5) is 38.8. The van der Waals surface area contributed by atoms with Gasteiger partial charge in [0.2, 0.25) is 5.89 Å². The number of imidazole rings is 1. The highest BCUT2D eigenvalue weighted by atomic mass is 16.5. The summed E-state index contributed by atoms with van der Waals surface area (Å²) in [6.07, 6.45) is 9.91. The van der Waals surface area contributed by atoms with E-state index in [0.717, 1.165) is 68.1 Å². The molecule has 0 aliphatic carbocycles. The van der Waals surface area contributed by atoms with Gasteiger partial charge in [-0.1, -0.05) is 5.16 Å². The molecule has 0 aromatic carbocycles.